The first-order valence-corrected chi connectivity index (χ1v) is 7.00. The van der Waals surface area contributed by atoms with E-state index in [1.54, 1.807) is 30.6 Å². The van der Waals surface area contributed by atoms with Gasteiger partial charge < -0.3 is 14.8 Å². The Morgan fingerprint density at radius 2 is 2.00 bits per heavy atom. The first kappa shape index (κ1) is 13.8. The maximum absolute atomic E-state index is 13.7. The van der Waals surface area contributed by atoms with Gasteiger partial charge >= 0.3 is 0 Å². The van der Waals surface area contributed by atoms with Crippen LogP contribution in [-0.2, 0) is 6.54 Å². The number of piperazine rings is 1. The molecule has 2 heterocycles. The number of nitrogens with zero attached hydrogens (tertiary/aromatic N) is 3. The number of benzene rings is 1. The number of hydrogen-bond donors (Lipinski definition) is 1. The summed E-state index contributed by atoms with van der Waals surface area (Å²) in [5.41, 5.74) is 0.319. The topological polar surface area (TPSA) is 50.2 Å². The van der Waals surface area contributed by atoms with E-state index >= 15 is 0 Å². The molecular formula is C15H17FN4O. The molecule has 0 atom stereocenters. The van der Waals surface area contributed by atoms with Crippen molar-refractivity contribution in [1.29, 1.82) is 0 Å². The number of nitrogens with one attached hydrogen (secondary N) is 1. The van der Waals surface area contributed by atoms with Gasteiger partial charge in [0.15, 0.2) is 5.82 Å². The lowest BCUT2D eigenvalue weighted by molar-refractivity contribution is 0.574. The van der Waals surface area contributed by atoms with Gasteiger partial charge in [0.25, 0.3) is 5.56 Å². The SMILES string of the molecule is O=c1c(N2CCNCC2)nccn1Cc1ccccc1F. The molecule has 1 aromatic heterocycles. The minimum Gasteiger partial charge on any atom is -0.349 e. The van der Waals surface area contributed by atoms with Gasteiger partial charge in [0.05, 0.1) is 6.54 Å². The summed E-state index contributed by atoms with van der Waals surface area (Å²) >= 11 is 0. The Hall–Kier alpha value is -2.21. The van der Waals surface area contributed by atoms with E-state index in [4.69, 9.17) is 0 Å². The van der Waals surface area contributed by atoms with Crippen molar-refractivity contribution in [3.05, 3.63) is 58.4 Å². The standard InChI is InChI=1S/C15H17FN4O/c16-13-4-2-1-3-12(13)11-20-10-7-18-14(15(20)21)19-8-5-17-6-9-19/h1-4,7,10,17H,5-6,8-9,11H2. The van der Waals surface area contributed by atoms with E-state index in [0.717, 1.165) is 26.2 Å². The lowest BCUT2D eigenvalue weighted by Crippen LogP contribution is -2.46. The third kappa shape index (κ3) is 2.95. The van der Waals surface area contributed by atoms with Crippen molar-refractivity contribution in [1.82, 2.24) is 14.9 Å². The van der Waals surface area contributed by atoms with Crippen LogP contribution in [0.15, 0.2) is 41.5 Å². The lowest BCUT2D eigenvalue weighted by Gasteiger charge is -2.27. The molecule has 21 heavy (non-hydrogen) atoms. The summed E-state index contributed by atoms with van der Waals surface area (Å²) in [4.78, 5) is 18.7. The molecule has 1 aromatic carbocycles. The van der Waals surface area contributed by atoms with Gasteiger partial charge in [0, 0.05) is 44.1 Å². The molecule has 2 aromatic rings. The third-order valence-corrected chi connectivity index (χ3v) is 3.61. The Morgan fingerprint density at radius 1 is 1.24 bits per heavy atom. The highest BCUT2D eigenvalue weighted by atomic mass is 19.1. The van der Waals surface area contributed by atoms with Crippen LogP contribution in [0.1, 0.15) is 5.56 Å². The van der Waals surface area contributed by atoms with E-state index in [1.807, 2.05) is 4.90 Å². The Balaban J connectivity index is 1.90. The normalized spacial score (nSPS) is 15.2. The highest BCUT2D eigenvalue weighted by molar-refractivity contribution is 5.36. The van der Waals surface area contributed by atoms with Gasteiger partial charge in [-0.25, -0.2) is 9.37 Å². The van der Waals surface area contributed by atoms with Gasteiger partial charge in [0.1, 0.15) is 5.82 Å². The van der Waals surface area contributed by atoms with Gasteiger partial charge in [0.2, 0.25) is 0 Å². The molecule has 110 valence electrons. The molecule has 0 spiro atoms. The average molecular weight is 288 g/mol. The number of rotatable bonds is 3. The predicted molar refractivity (Wildman–Crippen MR) is 79.1 cm³/mol. The van der Waals surface area contributed by atoms with Gasteiger partial charge in [-0.15, -0.1) is 0 Å². The quantitative estimate of drug-likeness (QED) is 0.909. The van der Waals surface area contributed by atoms with Gasteiger partial charge in [-0.2, -0.15) is 0 Å². The molecule has 0 amide bonds. The Morgan fingerprint density at radius 3 is 2.76 bits per heavy atom. The highest BCUT2D eigenvalue weighted by Gasteiger charge is 2.16. The van der Waals surface area contributed by atoms with Crippen molar-refractivity contribution in [3.8, 4) is 0 Å². The van der Waals surface area contributed by atoms with Gasteiger partial charge in [-0.05, 0) is 6.07 Å². The van der Waals surface area contributed by atoms with Crippen LogP contribution in [0.2, 0.25) is 0 Å². The van der Waals surface area contributed by atoms with Gasteiger partial charge in [-0.3, -0.25) is 4.79 Å². The molecule has 1 saturated heterocycles. The first-order valence-electron chi connectivity index (χ1n) is 7.00. The molecule has 0 radical (unpaired) electrons. The fraction of sp³-hybridized carbons (Fsp3) is 0.333. The summed E-state index contributed by atoms with van der Waals surface area (Å²) < 4.78 is 15.2. The molecule has 0 unspecified atom stereocenters. The van der Waals surface area contributed by atoms with Crippen molar-refractivity contribution in [3.63, 3.8) is 0 Å². The summed E-state index contributed by atoms with van der Waals surface area (Å²) in [6.07, 6.45) is 3.19. The van der Waals surface area contributed by atoms with Crippen LogP contribution in [0, 0.1) is 5.82 Å². The number of halogens is 1. The van der Waals surface area contributed by atoms with Crippen LogP contribution >= 0.6 is 0 Å². The highest BCUT2D eigenvalue weighted by Crippen LogP contribution is 2.09. The van der Waals surface area contributed by atoms with Crippen molar-refractivity contribution < 1.29 is 4.39 Å². The van der Waals surface area contributed by atoms with Crippen LogP contribution < -0.4 is 15.8 Å². The molecule has 5 nitrogen and oxygen atoms in total. The largest absolute Gasteiger partial charge is 0.349 e. The maximum atomic E-state index is 13.7. The van der Waals surface area contributed by atoms with Crippen molar-refractivity contribution >= 4 is 5.82 Å². The Bertz CT molecular complexity index is 679. The summed E-state index contributed by atoms with van der Waals surface area (Å²) in [5, 5.41) is 3.24. The molecule has 1 N–H and O–H groups in total. The van der Waals surface area contributed by atoms with Crippen LogP contribution in [0.3, 0.4) is 0 Å². The molecule has 1 aliphatic heterocycles. The minimum atomic E-state index is -0.301. The van der Waals surface area contributed by atoms with Crippen molar-refractivity contribution in [2.24, 2.45) is 0 Å². The molecule has 0 aliphatic carbocycles. The number of aromatic nitrogens is 2. The van der Waals surface area contributed by atoms with Crippen LogP contribution in [0.4, 0.5) is 10.2 Å². The molecule has 1 fully saturated rings. The summed E-state index contributed by atoms with van der Waals surface area (Å²) in [6.45, 7) is 3.40. The predicted octanol–water partition coefficient (Wildman–Crippen LogP) is 0.840. The van der Waals surface area contributed by atoms with Crippen LogP contribution in [0.25, 0.3) is 0 Å². The van der Waals surface area contributed by atoms with Crippen LogP contribution in [0.5, 0.6) is 0 Å². The Labute approximate surface area is 122 Å². The molecule has 0 saturated carbocycles. The smallest absolute Gasteiger partial charge is 0.293 e. The molecule has 1 aliphatic rings. The van der Waals surface area contributed by atoms with Crippen molar-refractivity contribution in [2.75, 3.05) is 31.1 Å². The summed E-state index contributed by atoms with van der Waals surface area (Å²) in [7, 11) is 0. The zero-order chi connectivity index (χ0) is 14.7. The first-order chi connectivity index (χ1) is 10.3. The van der Waals surface area contributed by atoms with E-state index in [9.17, 15) is 9.18 Å². The molecule has 3 rings (SSSR count). The second kappa shape index (κ2) is 6.05. The fourth-order valence-corrected chi connectivity index (χ4v) is 2.46. The zero-order valence-corrected chi connectivity index (χ0v) is 11.6. The summed E-state index contributed by atoms with van der Waals surface area (Å²) in [6, 6.07) is 6.49. The van der Waals surface area contributed by atoms with Crippen LogP contribution in [-0.4, -0.2) is 35.7 Å². The van der Waals surface area contributed by atoms with E-state index in [2.05, 4.69) is 10.3 Å². The van der Waals surface area contributed by atoms with Gasteiger partial charge in [-0.1, -0.05) is 18.2 Å². The third-order valence-electron chi connectivity index (χ3n) is 3.61. The monoisotopic (exact) mass is 288 g/mol. The molecule has 6 heteroatoms. The van der Waals surface area contributed by atoms with Crippen molar-refractivity contribution in [2.45, 2.75) is 6.54 Å². The molecular weight excluding hydrogens is 271 g/mol. The Kier molecular flexibility index (Phi) is 3.96. The number of hydrogen-bond acceptors (Lipinski definition) is 4. The summed E-state index contributed by atoms with van der Waals surface area (Å²) in [5.74, 6) is 0.139. The van der Waals surface area contributed by atoms with E-state index in [1.165, 1.54) is 10.6 Å². The molecule has 0 bridgehead atoms. The second-order valence-electron chi connectivity index (χ2n) is 5.01. The maximum Gasteiger partial charge on any atom is 0.293 e. The number of anilines is 1. The fourth-order valence-electron chi connectivity index (χ4n) is 2.46. The van der Waals surface area contributed by atoms with E-state index in [-0.39, 0.29) is 17.9 Å². The zero-order valence-electron chi connectivity index (χ0n) is 11.6. The minimum absolute atomic E-state index is 0.178. The van der Waals surface area contributed by atoms with E-state index in [0.29, 0.717) is 11.4 Å². The van der Waals surface area contributed by atoms with E-state index < -0.39 is 0 Å². The lowest BCUT2D eigenvalue weighted by atomic mass is 10.2. The second-order valence-corrected chi connectivity index (χ2v) is 5.01. The average Bonchev–Trinajstić information content (AvgIpc) is 2.52.